The second-order valence-corrected chi connectivity index (χ2v) is 4.71. The third-order valence-electron chi connectivity index (χ3n) is 2.15. The van der Waals surface area contributed by atoms with E-state index < -0.39 is 13.6 Å². The van der Waals surface area contributed by atoms with Crippen molar-refractivity contribution in [1.82, 2.24) is 4.90 Å². The number of aliphatic hydroxyl groups excluding tert-OH is 1. The molecule has 2 N–H and O–H groups in total. The van der Waals surface area contributed by atoms with Crippen LogP contribution < -0.4 is 0 Å². The molecule has 0 spiro atoms. The standard InChI is InChI=1S/C7H21BN2O2/c1-9(2)5-6-10(3,4)8-7(11)12/h7,11-12H,5-6,8H2,1-4H3. The summed E-state index contributed by atoms with van der Waals surface area (Å²) in [5, 5.41) is 17.7. The lowest BCUT2D eigenvalue weighted by atomic mass is 9.87. The molecule has 0 bridgehead atoms. The van der Waals surface area contributed by atoms with Crippen molar-refractivity contribution < 1.29 is 14.6 Å². The number of likely N-dealkylation sites (N-methyl/N-ethyl adjacent to an activating group) is 2. The van der Waals surface area contributed by atoms with Crippen molar-refractivity contribution in [2.75, 3.05) is 41.3 Å². The average Bonchev–Trinajstić information content (AvgIpc) is 1.81. The number of rotatable bonds is 5. The van der Waals surface area contributed by atoms with Crippen LogP contribution in [0.5, 0.6) is 0 Å². The SMILES string of the molecule is CN(C)CC[N+](C)(C)[BH2-]C(O)O. The highest BCUT2D eigenvalue weighted by Gasteiger charge is 2.12. The van der Waals surface area contributed by atoms with E-state index in [1.165, 1.54) is 0 Å². The molecular weight excluding hydrogens is 155 g/mol. The molecule has 4 nitrogen and oxygen atoms in total. The topological polar surface area (TPSA) is 43.7 Å². The van der Waals surface area contributed by atoms with Gasteiger partial charge in [-0.3, -0.25) is 0 Å². The summed E-state index contributed by atoms with van der Waals surface area (Å²) in [5.41, 5.74) is 0. The molecule has 0 aliphatic heterocycles. The van der Waals surface area contributed by atoms with Crippen molar-refractivity contribution in [1.29, 1.82) is 0 Å². The molecule has 0 heterocycles. The van der Waals surface area contributed by atoms with Crippen molar-refractivity contribution in [2.45, 2.75) is 6.19 Å². The van der Waals surface area contributed by atoms with Gasteiger partial charge in [-0.2, -0.15) is 0 Å². The molecule has 0 saturated heterocycles. The third-order valence-corrected chi connectivity index (χ3v) is 2.15. The summed E-state index contributed by atoms with van der Waals surface area (Å²) < 4.78 is 0.760. The number of aliphatic hydroxyl groups is 2. The lowest BCUT2D eigenvalue weighted by Crippen LogP contribution is -2.51. The molecule has 0 unspecified atom stereocenters. The minimum Gasteiger partial charge on any atom is -0.521 e. The smallest absolute Gasteiger partial charge is 0.237 e. The van der Waals surface area contributed by atoms with E-state index in [1.807, 2.05) is 28.2 Å². The van der Waals surface area contributed by atoms with Crippen LogP contribution in [-0.2, 0) is 0 Å². The Morgan fingerprint density at radius 2 is 1.83 bits per heavy atom. The van der Waals surface area contributed by atoms with Crippen LogP contribution in [0.4, 0.5) is 0 Å². The third kappa shape index (κ3) is 6.60. The largest absolute Gasteiger partial charge is 0.521 e. The Kier molecular flexibility index (Phi) is 4.78. The maximum absolute atomic E-state index is 8.84. The monoisotopic (exact) mass is 176 g/mol. The minimum atomic E-state index is -1.08. The summed E-state index contributed by atoms with van der Waals surface area (Å²) in [7, 11) is 7.41. The molecule has 0 aliphatic rings. The first-order chi connectivity index (χ1) is 5.33. The molecule has 74 valence electrons. The lowest BCUT2D eigenvalue weighted by molar-refractivity contribution is -0.781. The van der Waals surface area contributed by atoms with Crippen molar-refractivity contribution >= 4 is 7.41 Å². The summed E-state index contributed by atoms with van der Waals surface area (Å²) in [4.78, 5) is 2.11. The van der Waals surface area contributed by atoms with E-state index in [-0.39, 0.29) is 0 Å². The summed E-state index contributed by atoms with van der Waals surface area (Å²) in [6.45, 7) is 1.97. The lowest BCUT2D eigenvalue weighted by Gasteiger charge is -2.40. The minimum absolute atomic E-state index is 0.724. The van der Waals surface area contributed by atoms with Gasteiger partial charge in [-0.05, 0) is 14.1 Å². The summed E-state index contributed by atoms with van der Waals surface area (Å²) in [5.74, 6) is 0. The molecule has 0 aromatic heterocycles. The first-order valence-corrected chi connectivity index (χ1v) is 4.46. The molecule has 5 heteroatoms. The van der Waals surface area contributed by atoms with Gasteiger partial charge in [0.1, 0.15) is 0 Å². The van der Waals surface area contributed by atoms with Crippen LogP contribution in [0.2, 0.25) is 0 Å². The highest BCUT2D eigenvalue weighted by atomic mass is 16.5. The Labute approximate surface area is 75.3 Å². The number of hydrogen-bond acceptors (Lipinski definition) is 3. The predicted octanol–water partition coefficient (Wildman–Crippen LogP) is -2.02. The molecule has 0 aromatic carbocycles. The molecule has 0 radical (unpaired) electrons. The van der Waals surface area contributed by atoms with E-state index in [9.17, 15) is 0 Å². The van der Waals surface area contributed by atoms with E-state index >= 15 is 0 Å². The molecule has 0 atom stereocenters. The maximum atomic E-state index is 8.84. The zero-order chi connectivity index (χ0) is 9.78. The Morgan fingerprint density at radius 3 is 2.17 bits per heavy atom. The molecule has 0 fully saturated rings. The van der Waals surface area contributed by atoms with Crippen molar-refractivity contribution in [2.24, 2.45) is 0 Å². The van der Waals surface area contributed by atoms with E-state index in [0.29, 0.717) is 0 Å². The van der Waals surface area contributed by atoms with Gasteiger partial charge in [0.15, 0.2) is 0 Å². The first-order valence-electron chi connectivity index (χ1n) is 4.46. The predicted molar refractivity (Wildman–Crippen MR) is 52.3 cm³/mol. The van der Waals surface area contributed by atoms with Crippen molar-refractivity contribution in [3.8, 4) is 0 Å². The molecule has 0 aromatic rings. The van der Waals surface area contributed by atoms with Crippen LogP contribution in [0.15, 0.2) is 0 Å². The van der Waals surface area contributed by atoms with Crippen LogP contribution >= 0.6 is 0 Å². The summed E-state index contributed by atoms with van der Waals surface area (Å²) in [6.07, 6.45) is -1.08. The molecule has 0 rings (SSSR count). The molecule has 0 aliphatic carbocycles. The van der Waals surface area contributed by atoms with Gasteiger partial charge in [-0.25, -0.2) is 0 Å². The van der Waals surface area contributed by atoms with Crippen LogP contribution in [0.1, 0.15) is 0 Å². The fourth-order valence-electron chi connectivity index (χ4n) is 1.25. The van der Waals surface area contributed by atoms with E-state index in [0.717, 1.165) is 17.5 Å². The normalized spacial score (nSPS) is 13.0. The second kappa shape index (κ2) is 4.82. The highest BCUT2D eigenvalue weighted by molar-refractivity contribution is 6.27. The number of hydrogen-bond donors (Lipinski definition) is 2. The Bertz CT molecular complexity index is 129. The van der Waals surface area contributed by atoms with Crippen LogP contribution in [0, 0.1) is 0 Å². The highest BCUT2D eigenvalue weighted by Crippen LogP contribution is 1.95. The van der Waals surface area contributed by atoms with E-state index in [4.69, 9.17) is 10.2 Å². The molecule has 12 heavy (non-hydrogen) atoms. The number of nitrogens with zero attached hydrogens (tertiary/aromatic N) is 2. The average molecular weight is 176 g/mol. The zero-order valence-corrected chi connectivity index (χ0v) is 8.78. The van der Waals surface area contributed by atoms with Gasteiger partial charge in [-0.15, -0.1) is 0 Å². The molecule has 0 saturated carbocycles. The van der Waals surface area contributed by atoms with Gasteiger partial charge >= 0.3 is 0 Å². The van der Waals surface area contributed by atoms with Crippen molar-refractivity contribution in [3.63, 3.8) is 0 Å². The molecule has 0 amide bonds. The fourth-order valence-corrected chi connectivity index (χ4v) is 1.25. The quantitative estimate of drug-likeness (QED) is 0.375. The van der Waals surface area contributed by atoms with Gasteiger partial charge in [0.25, 0.3) is 0 Å². The Hall–Kier alpha value is -0.0951. The van der Waals surface area contributed by atoms with E-state index in [2.05, 4.69) is 4.90 Å². The van der Waals surface area contributed by atoms with Gasteiger partial charge < -0.3 is 19.5 Å². The van der Waals surface area contributed by atoms with Crippen LogP contribution in [0.3, 0.4) is 0 Å². The van der Waals surface area contributed by atoms with Gasteiger partial charge in [-0.1, -0.05) is 0 Å². The summed E-state index contributed by atoms with van der Waals surface area (Å²) in [6, 6.07) is 0. The maximum Gasteiger partial charge on any atom is 0.237 e. The van der Waals surface area contributed by atoms with Crippen LogP contribution in [-0.4, -0.2) is 74.4 Å². The first kappa shape index (κ1) is 11.9. The Morgan fingerprint density at radius 1 is 1.33 bits per heavy atom. The van der Waals surface area contributed by atoms with E-state index in [1.54, 1.807) is 0 Å². The summed E-state index contributed by atoms with van der Waals surface area (Å²) >= 11 is 0. The second-order valence-electron chi connectivity index (χ2n) is 4.71. The molecular formula is C7H21BN2O2. The van der Waals surface area contributed by atoms with Gasteiger partial charge in [0.05, 0.1) is 6.19 Å². The fraction of sp³-hybridized carbons (Fsp3) is 1.00. The van der Waals surface area contributed by atoms with Gasteiger partial charge in [0, 0.05) is 27.2 Å². The van der Waals surface area contributed by atoms with Crippen molar-refractivity contribution in [3.05, 3.63) is 0 Å². The zero-order valence-electron chi connectivity index (χ0n) is 8.78. The van der Waals surface area contributed by atoms with Gasteiger partial charge in [0.2, 0.25) is 7.41 Å². The van der Waals surface area contributed by atoms with Crippen LogP contribution in [0.25, 0.3) is 0 Å². The Balaban J connectivity index is 3.71. The number of quaternary nitrogens is 1.